The summed E-state index contributed by atoms with van der Waals surface area (Å²) in [4.78, 5) is 0. The largest absolute Gasteiger partial charge is 0.207 e. The van der Waals surface area contributed by atoms with Gasteiger partial charge >= 0.3 is 0 Å². The number of hydrogen-bond donors (Lipinski definition) is 0. The van der Waals surface area contributed by atoms with Crippen molar-refractivity contribution in [3.63, 3.8) is 0 Å². The number of unbranched alkanes of at least 4 members (excludes halogenated alkanes) is 4. The molecule has 35 heavy (non-hydrogen) atoms. The minimum atomic E-state index is -0.359. The van der Waals surface area contributed by atoms with E-state index in [1.807, 2.05) is 18.2 Å². The molecule has 0 saturated carbocycles. The zero-order chi connectivity index (χ0) is 24.5. The number of benzene rings is 4. The van der Waals surface area contributed by atoms with Crippen LogP contribution in [0.2, 0.25) is 0 Å². The molecule has 0 unspecified atom stereocenters. The third-order valence-electron chi connectivity index (χ3n) is 6.01. The summed E-state index contributed by atoms with van der Waals surface area (Å²) in [7, 11) is 0. The molecule has 0 spiro atoms. The third kappa shape index (κ3) is 6.81. The van der Waals surface area contributed by atoms with Gasteiger partial charge in [0.2, 0.25) is 0 Å². The second-order valence-corrected chi connectivity index (χ2v) is 8.73. The molecule has 0 N–H and O–H groups in total. The van der Waals surface area contributed by atoms with Crippen LogP contribution in [-0.4, -0.2) is 0 Å². The molecule has 0 nitrogen and oxygen atoms in total. The highest BCUT2D eigenvalue weighted by Gasteiger charge is 2.06. The van der Waals surface area contributed by atoms with Crippen LogP contribution >= 0.6 is 0 Å². The zero-order valence-electron chi connectivity index (χ0n) is 20.0. The molecule has 0 fully saturated rings. The Morgan fingerprint density at radius 3 is 1.97 bits per heavy atom. The highest BCUT2D eigenvalue weighted by Crippen LogP contribution is 2.22. The maximum absolute atomic E-state index is 15.0. The summed E-state index contributed by atoms with van der Waals surface area (Å²) in [6, 6.07) is 23.3. The van der Waals surface area contributed by atoms with Crippen LogP contribution in [0.3, 0.4) is 0 Å². The summed E-state index contributed by atoms with van der Waals surface area (Å²) in [5.41, 5.74) is 4.11. The Labute approximate surface area is 207 Å². The number of halogens is 2. The molecule has 0 bridgehead atoms. The maximum atomic E-state index is 15.0. The Hall–Kier alpha value is -3.88. The van der Waals surface area contributed by atoms with Crippen LogP contribution < -0.4 is 0 Å². The van der Waals surface area contributed by atoms with Crippen LogP contribution in [0.5, 0.6) is 0 Å². The van der Waals surface area contributed by atoms with E-state index < -0.39 is 0 Å². The first-order valence-electron chi connectivity index (χ1n) is 12.2. The van der Waals surface area contributed by atoms with Gasteiger partial charge < -0.3 is 0 Å². The van der Waals surface area contributed by atoms with Crippen molar-refractivity contribution in [3.05, 3.63) is 118 Å². The van der Waals surface area contributed by atoms with Gasteiger partial charge in [-0.3, -0.25) is 0 Å². The van der Waals surface area contributed by atoms with Crippen molar-refractivity contribution < 1.29 is 8.78 Å². The molecule has 2 heteroatoms. The molecule has 0 aliphatic rings. The monoisotopic (exact) mass is 462 g/mol. The highest BCUT2D eigenvalue weighted by molar-refractivity contribution is 5.86. The zero-order valence-corrected chi connectivity index (χ0v) is 20.0. The predicted molar refractivity (Wildman–Crippen MR) is 141 cm³/mol. The SMILES string of the molecule is CCCCCCCc1ccc(C#Cc2ccc3c(F)c(C#Cc4ccc(F)cc4)ccc3c2)cc1. The quantitative estimate of drug-likeness (QED) is 0.199. The van der Waals surface area contributed by atoms with E-state index in [9.17, 15) is 4.39 Å². The molecule has 0 aliphatic heterocycles. The van der Waals surface area contributed by atoms with E-state index in [-0.39, 0.29) is 11.6 Å². The molecule has 4 aromatic carbocycles. The Kier molecular flexibility index (Phi) is 8.32. The Morgan fingerprint density at radius 1 is 0.600 bits per heavy atom. The van der Waals surface area contributed by atoms with E-state index in [2.05, 4.69) is 54.9 Å². The number of fused-ring (bicyclic) bond motifs is 1. The average molecular weight is 463 g/mol. The molecule has 0 amide bonds. The molecule has 174 valence electrons. The lowest BCUT2D eigenvalue weighted by Gasteiger charge is -2.03. The summed E-state index contributed by atoms with van der Waals surface area (Å²) < 4.78 is 28.1. The Morgan fingerprint density at radius 2 is 1.23 bits per heavy atom. The van der Waals surface area contributed by atoms with Crippen LogP contribution in [-0.2, 0) is 6.42 Å². The van der Waals surface area contributed by atoms with Crippen molar-refractivity contribution in [2.75, 3.05) is 0 Å². The van der Waals surface area contributed by atoms with Crippen LogP contribution in [0.4, 0.5) is 8.78 Å². The van der Waals surface area contributed by atoms with Gasteiger partial charge in [-0.15, -0.1) is 0 Å². The van der Waals surface area contributed by atoms with E-state index in [4.69, 9.17) is 0 Å². The van der Waals surface area contributed by atoms with E-state index in [0.717, 1.165) is 22.9 Å². The molecule has 0 atom stereocenters. The number of rotatable bonds is 6. The lowest BCUT2D eigenvalue weighted by molar-refractivity contribution is 0.627. The van der Waals surface area contributed by atoms with Crippen molar-refractivity contribution in [2.45, 2.75) is 45.4 Å². The van der Waals surface area contributed by atoms with Gasteiger partial charge in [0.25, 0.3) is 0 Å². The minimum absolute atomic E-state index is 0.311. The second-order valence-electron chi connectivity index (χ2n) is 8.73. The van der Waals surface area contributed by atoms with Crippen LogP contribution in [0.15, 0.2) is 78.9 Å². The second kappa shape index (κ2) is 12.0. The van der Waals surface area contributed by atoms with Gasteiger partial charge in [-0.05, 0) is 78.4 Å². The summed E-state index contributed by atoms with van der Waals surface area (Å²) in [5, 5.41) is 1.28. The average Bonchev–Trinajstić information content (AvgIpc) is 2.88. The molecule has 0 heterocycles. The Bertz CT molecular complexity index is 1410. The van der Waals surface area contributed by atoms with E-state index in [0.29, 0.717) is 16.5 Å². The van der Waals surface area contributed by atoms with Gasteiger partial charge in [0, 0.05) is 22.1 Å². The number of aryl methyl sites for hydroxylation is 1. The highest BCUT2D eigenvalue weighted by atomic mass is 19.1. The first kappa shape index (κ1) is 24.3. The molecular formula is C33H28F2. The van der Waals surface area contributed by atoms with Gasteiger partial charge in [0.05, 0.1) is 5.56 Å². The van der Waals surface area contributed by atoms with Crippen molar-refractivity contribution in [2.24, 2.45) is 0 Å². The van der Waals surface area contributed by atoms with E-state index >= 15 is 4.39 Å². The normalized spacial score (nSPS) is 10.4. The maximum Gasteiger partial charge on any atom is 0.146 e. The van der Waals surface area contributed by atoms with Gasteiger partial charge in [-0.2, -0.15) is 0 Å². The minimum Gasteiger partial charge on any atom is -0.207 e. The van der Waals surface area contributed by atoms with Crippen LogP contribution in [0.25, 0.3) is 10.8 Å². The van der Waals surface area contributed by atoms with Gasteiger partial charge in [0.15, 0.2) is 0 Å². The van der Waals surface area contributed by atoms with Crippen LogP contribution in [0, 0.1) is 35.3 Å². The molecule has 0 aliphatic carbocycles. The van der Waals surface area contributed by atoms with Crippen molar-refractivity contribution in [1.29, 1.82) is 0 Å². The van der Waals surface area contributed by atoms with Crippen LogP contribution in [0.1, 0.15) is 66.8 Å². The van der Waals surface area contributed by atoms with Gasteiger partial charge in [-0.1, -0.05) is 80.6 Å². The first-order chi connectivity index (χ1) is 17.1. The standard InChI is InChI=1S/C33H28F2/c1-2-3-4-5-6-7-25-8-10-26(11-9-25)12-13-28-17-23-32-30(24-28)20-19-29(33(32)35)18-14-27-15-21-31(34)22-16-27/h8-11,15-17,19-24H,2-7H2,1H3. The van der Waals surface area contributed by atoms with E-state index in [1.54, 1.807) is 24.3 Å². The van der Waals surface area contributed by atoms with Gasteiger partial charge in [-0.25, -0.2) is 8.78 Å². The number of hydrogen-bond acceptors (Lipinski definition) is 0. The topological polar surface area (TPSA) is 0 Å². The van der Waals surface area contributed by atoms with Gasteiger partial charge in [0.1, 0.15) is 11.6 Å². The van der Waals surface area contributed by atoms with Crippen molar-refractivity contribution in [3.8, 4) is 23.7 Å². The summed E-state index contributed by atoms with van der Waals surface area (Å²) in [5.74, 6) is 11.5. The fraction of sp³-hybridized carbons (Fsp3) is 0.212. The lowest BCUT2D eigenvalue weighted by atomic mass is 10.0. The summed E-state index contributed by atoms with van der Waals surface area (Å²) in [6.45, 7) is 2.24. The molecule has 0 radical (unpaired) electrons. The van der Waals surface area contributed by atoms with Crippen molar-refractivity contribution >= 4 is 10.8 Å². The third-order valence-corrected chi connectivity index (χ3v) is 6.01. The molecule has 0 aromatic heterocycles. The van der Waals surface area contributed by atoms with Crippen molar-refractivity contribution in [1.82, 2.24) is 0 Å². The smallest absolute Gasteiger partial charge is 0.146 e. The predicted octanol–water partition coefficient (Wildman–Crippen LogP) is 8.43. The summed E-state index contributed by atoms with van der Waals surface area (Å²) in [6.07, 6.45) is 7.56. The Balaban J connectivity index is 1.44. The lowest BCUT2D eigenvalue weighted by Crippen LogP contribution is -1.88. The molecular weight excluding hydrogens is 434 g/mol. The fourth-order valence-corrected chi connectivity index (χ4v) is 3.97. The summed E-state index contributed by atoms with van der Waals surface area (Å²) >= 11 is 0. The fourth-order valence-electron chi connectivity index (χ4n) is 3.97. The van der Waals surface area contributed by atoms with E-state index in [1.165, 1.54) is 49.8 Å². The molecule has 4 rings (SSSR count). The first-order valence-corrected chi connectivity index (χ1v) is 12.2. The molecule has 0 saturated heterocycles. The molecule has 4 aromatic rings.